The van der Waals surface area contributed by atoms with Crippen LogP contribution in [0, 0.1) is 13.8 Å². The standard InChI is InChI=1S/C13H12N2O2/c1-8-7-15-12(13(16)17)11(9(8)2)10-5-3-4-6-14-10/h3-7H,1-2H3,(H,16,17). The molecule has 0 aliphatic heterocycles. The molecule has 1 N–H and O–H groups in total. The van der Waals surface area contributed by atoms with Crippen LogP contribution in [0.1, 0.15) is 21.6 Å². The Bertz CT molecular complexity index is 565. The van der Waals surface area contributed by atoms with Gasteiger partial charge in [-0.25, -0.2) is 9.78 Å². The zero-order valence-corrected chi connectivity index (χ0v) is 9.64. The SMILES string of the molecule is Cc1cnc(C(=O)O)c(-c2ccccn2)c1C. The second kappa shape index (κ2) is 4.33. The molecule has 0 aromatic carbocycles. The van der Waals surface area contributed by atoms with Crippen molar-refractivity contribution in [2.75, 3.05) is 0 Å². The first-order valence-corrected chi connectivity index (χ1v) is 5.22. The smallest absolute Gasteiger partial charge is 0.355 e. The highest BCUT2D eigenvalue weighted by molar-refractivity contribution is 5.94. The van der Waals surface area contributed by atoms with E-state index in [-0.39, 0.29) is 5.69 Å². The van der Waals surface area contributed by atoms with Gasteiger partial charge >= 0.3 is 5.97 Å². The molecule has 0 saturated heterocycles. The first-order valence-electron chi connectivity index (χ1n) is 5.22. The third-order valence-corrected chi connectivity index (χ3v) is 2.71. The average Bonchev–Trinajstić information content (AvgIpc) is 2.33. The van der Waals surface area contributed by atoms with Crippen LogP contribution in [-0.2, 0) is 0 Å². The van der Waals surface area contributed by atoms with Crippen LogP contribution in [0.4, 0.5) is 0 Å². The molecule has 2 rings (SSSR count). The molecule has 0 aliphatic carbocycles. The van der Waals surface area contributed by atoms with E-state index in [4.69, 9.17) is 5.11 Å². The molecule has 0 radical (unpaired) electrons. The Hall–Kier alpha value is -2.23. The topological polar surface area (TPSA) is 63.1 Å². The van der Waals surface area contributed by atoms with Crippen molar-refractivity contribution < 1.29 is 9.90 Å². The average molecular weight is 228 g/mol. The summed E-state index contributed by atoms with van der Waals surface area (Å²) in [6.07, 6.45) is 3.22. The van der Waals surface area contributed by atoms with Crippen molar-refractivity contribution in [3.63, 3.8) is 0 Å². The molecule has 4 nitrogen and oxygen atoms in total. The summed E-state index contributed by atoms with van der Waals surface area (Å²) in [5.41, 5.74) is 3.13. The molecule has 4 heteroatoms. The van der Waals surface area contributed by atoms with Crippen LogP contribution in [0.5, 0.6) is 0 Å². The van der Waals surface area contributed by atoms with Gasteiger partial charge in [0.1, 0.15) is 0 Å². The number of aryl methyl sites for hydroxylation is 1. The summed E-state index contributed by atoms with van der Waals surface area (Å²) >= 11 is 0. The number of rotatable bonds is 2. The van der Waals surface area contributed by atoms with Crippen molar-refractivity contribution in [3.05, 3.63) is 47.4 Å². The first-order chi connectivity index (χ1) is 8.11. The predicted octanol–water partition coefficient (Wildman–Crippen LogP) is 2.46. The van der Waals surface area contributed by atoms with Crippen molar-refractivity contribution in [2.45, 2.75) is 13.8 Å². The van der Waals surface area contributed by atoms with E-state index in [9.17, 15) is 4.79 Å². The Morgan fingerprint density at radius 1 is 1.24 bits per heavy atom. The summed E-state index contributed by atoms with van der Waals surface area (Å²) in [5.74, 6) is -1.03. The van der Waals surface area contributed by atoms with Gasteiger partial charge in [-0.05, 0) is 37.1 Å². The molecular weight excluding hydrogens is 216 g/mol. The summed E-state index contributed by atoms with van der Waals surface area (Å²) in [6.45, 7) is 3.79. The van der Waals surface area contributed by atoms with Gasteiger partial charge in [-0.2, -0.15) is 0 Å². The number of nitrogens with zero attached hydrogens (tertiary/aromatic N) is 2. The molecule has 86 valence electrons. The van der Waals surface area contributed by atoms with E-state index in [1.807, 2.05) is 19.9 Å². The number of carboxylic acid groups (broad SMARTS) is 1. The largest absolute Gasteiger partial charge is 0.476 e. The lowest BCUT2D eigenvalue weighted by atomic mass is 10.00. The quantitative estimate of drug-likeness (QED) is 0.857. The molecule has 2 aromatic rings. The maximum Gasteiger partial charge on any atom is 0.355 e. The maximum atomic E-state index is 11.2. The van der Waals surface area contributed by atoms with E-state index in [2.05, 4.69) is 9.97 Å². The predicted molar refractivity (Wildman–Crippen MR) is 63.9 cm³/mol. The third-order valence-electron chi connectivity index (χ3n) is 2.71. The molecule has 0 atom stereocenters. The highest BCUT2D eigenvalue weighted by Gasteiger charge is 2.17. The van der Waals surface area contributed by atoms with E-state index in [1.54, 1.807) is 24.5 Å². The van der Waals surface area contributed by atoms with Crippen LogP contribution >= 0.6 is 0 Å². The fraction of sp³-hybridized carbons (Fsp3) is 0.154. The van der Waals surface area contributed by atoms with Crippen molar-refractivity contribution in [1.29, 1.82) is 0 Å². The second-order valence-electron chi connectivity index (χ2n) is 3.81. The van der Waals surface area contributed by atoms with Crippen LogP contribution in [0.15, 0.2) is 30.6 Å². The van der Waals surface area contributed by atoms with Gasteiger partial charge < -0.3 is 5.11 Å². The zero-order valence-electron chi connectivity index (χ0n) is 9.64. The van der Waals surface area contributed by atoms with E-state index in [0.29, 0.717) is 11.3 Å². The van der Waals surface area contributed by atoms with Gasteiger partial charge in [-0.15, -0.1) is 0 Å². The Morgan fingerprint density at radius 3 is 2.59 bits per heavy atom. The van der Waals surface area contributed by atoms with Crippen LogP contribution in [0.2, 0.25) is 0 Å². The molecule has 0 saturated carbocycles. The monoisotopic (exact) mass is 228 g/mol. The minimum atomic E-state index is -1.03. The van der Waals surface area contributed by atoms with Gasteiger partial charge in [-0.3, -0.25) is 4.98 Å². The summed E-state index contributed by atoms with van der Waals surface area (Å²) in [7, 11) is 0. The molecule has 0 amide bonds. The summed E-state index contributed by atoms with van der Waals surface area (Å²) in [4.78, 5) is 19.3. The molecule has 0 spiro atoms. The van der Waals surface area contributed by atoms with Crippen molar-refractivity contribution in [1.82, 2.24) is 9.97 Å². The lowest BCUT2D eigenvalue weighted by Crippen LogP contribution is -2.06. The highest BCUT2D eigenvalue weighted by Crippen LogP contribution is 2.26. The van der Waals surface area contributed by atoms with E-state index in [0.717, 1.165) is 11.1 Å². The molecule has 0 aliphatic rings. The van der Waals surface area contributed by atoms with Gasteiger partial charge in [0.25, 0.3) is 0 Å². The minimum absolute atomic E-state index is 0.0480. The molecule has 17 heavy (non-hydrogen) atoms. The Morgan fingerprint density at radius 2 is 2.00 bits per heavy atom. The molecular formula is C13H12N2O2. The minimum Gasteiger partial charge on any atom is -0.476 e. The number of hydrogen-bond acceptors (Lipinski definition) is 3. The fourth-order valence-corrected chi connectivity index (χ4v) is 1.68. The van der Waals surface area contributed by atoms with Gasteiger partial charge in [0.05, 0.1) is 5.69 Å². The molecule has 2 heterocycles. The highest BCUT2D eigenvalue weighted by atomic mass is 16.4. The third kappa shape index (κ3) is 2.01. The fourth-order valence-electron chi connectivity index (χ4n) is 1.68. The van der Waals surface area contributed by atoms with E-state index < -0.39 is 5.97 Å². The second-order valence-corrected chi connectivity index (χ2v) is 3.81. The van der Waals surface area contributed by atoms with Crippen molar-refractivity contribution >= 4 is 5.97 Å². The summed E-state index contributed by atoms with van der Waals surface area (Å²) in [5, 5.41) is 9.15. The number of carbonyl (C=O) groups is 1. The van der Waals surface area contributed by atoms with Crippen LogP contribution in [-0.4, -0.2) is 21.0 Å². The number of hydrogen-bond donors (Lipinski definition) is 1. The number of pyridine rings is 2. The molecule has 0 fully saturated rings. The van der Waals surface area contributed by atoms with Crippen LogP contribution in [0.3, 0.4) is 0 Å². The molecule has 2 aromatic heterocycles. The normalized spacial score (nSPS) is 10.2. The molecule has 0 bridgehead atoms. The number of aromatic nitrogens is 2. The van der Waals surface area contributed by atoms with Crippen molar-refractivity contribution in [2.24, 2.45) is 0 Å². The van der Waals surface area contributed by atoms with Crippen molar-refractivity contribution in [3.8, 4) is 11.3 Å². The summed E-state index contributed by atoms with van der Waals surface area (Å²) < 4.78 is 0. The first kappa shape index (κ1) is 11.3. The lowest BCUT2D eigenvalue weighted by molar-refractivity contribution is 0.0691. The number of aromatic carboxylic acids is 1. The van der Waals surface area contributed by atoms with Crippen LogP contribution < -0.4 is 0 Å². The lowest BCUT2D eigenvalue weighted by Gasteiger charge is -2.10. The van der Waals surface area contributed by atoms with Gasteiger partial charge in [0, 0.05) is 18.0 Å². The van der Waals surface area contributed by atoms with Gasteiger partial charge in [0.15, 0.2) is 5.69 Å². The zero-order chi connectivity index (χ0) is 12.4. The Labute approximate surface area is 99.0 Å². The van der Waals surface area contributed by atoms with E-state index >= 15 is 0 Å². The number of carboxylic acids is 1. The summed E-state index contributed by atoms with van der Waals surface area (Å²) in [6, 6.07) is 5.41. The van der Waals surface area contributed by atoms with Gasteiger partial charge in [0.2, 0.25) is 0 Å². The Kier molecular flexibility index (Phi) is 2.87. The maximum absolute atomic E-state index is 11.2. The van der Waals surface area contributed by atoms with Gasteiger partial charge in [-0.1, -0.05) is 6.07 Å². The van der Waals surface area contributed by atoms with Crippen LogP contribution in [0.25, 0.3) is 11.3 Å². The Balaban J connectivity index is 2.74. The molecule has 0 unspecified atom stereocenters. The van der Waals surface area contributed by atoms with E-state index in [1.165, 1.54) is 0 Å².